The lowest BCUT2D eigenvalue weighted by Crippen LogP contribution is -2.28. The Hall–Kier alpha value is -2.12. The number of thiazole rings is 1. The van der Waals surface area contributed by atoms with Gasteiger partial charge in [0.15, 0.2) is 0 Å². The van der Waals surface area contributed by atoms with Crippen LogP contribution in [0.5, 0.6) is 0 Å². The normalized spacial score (nSPS) is 10.1. The quantitative estimate of drug-likeness (QED) is 0.809. The predicted molar refractivity (Wildman–Crippen MR) is 76.4 cm³/mol. The summed E-state index contributed by atoms with van der Waals surface area (Å²) < 4.78 is 0. The number of anilines is 1. The fourth-order valence-corrected chi connectivity index (χ4v) is 2.19. The number of carbonyl (C=O) groups is 2. The Bertz CT molecular complexity index is 631. The highest BCUT2D eigenvalue weighted by atomic mass is 35.5. The van der Waals surface area contributed by atoms with Crippen LogP contribution in [0.25, 0.3) is 0 Å². The second-order valence-electron chi connectivity index (χ2n) is 3.79. The zero-order valence-corrected chi connectivity index (χ0v) is 11.7. The molecular weight excluding hydrogens is 302 g/mol. The van der Waals surface area contributed by atoms with Gasteiger partial charge in [-0.2, -0.15) is 0 Å². The number of aromatic carboxylic acids is 1. The molecule has 0 radical (unpaired) electrons. The molecule has 20 heavy (non-hydrogen) atoms. The number of benzene rings is 1. The number of nitrogens with zero attached hydrogens (tertiary/aromatic N) is 1. The van der Waals surface area contributed by atoms with Crippen LogP contribution < -0.4 is 10.6 Å². The molecule has 2 aromatic rings. The first-order chi connectivity index (χ1) is 9.56. The zero-order valence-electron chi connectivity index (χ0n) is 10.1. The molecule has 6 nitrogen and oxygen atoms in total. The highest BCUT2D eigenvalue weighted by Crippen LogP contribution is 2.20. The third-order valence-corrected chi connectivity index (χ3v) is 3.33. The van der Waals surface area contributed by atoms with Crippen LogP contribution in [0.3, 0.4) is 0 Å². The van der Waals surface area contributed by atoms with Crippen molar-refractivity contribution in [3.8, 4) is 0 Å². The molecule has 1 heterocycles. The maximum absolute atomic E-state index is 11.6. The smallest absolute Gasteiger partial charge is 0.337 e. The van der Waals surface area contributed by atoms with E-state index in [4.69, 9.17) is 16.7 Å². The van der Waals surface area contributed by atoms with Gasteiger partial charge in [-0.25, -0.2) is 14.6 Å². The molecule has 0 saturated carbocycles. The number of carbonyl (C=O) groups excluding carboxylic acids is 1. The lowest BCUT2D eigenvalue weighted by atomic mass is 10.2. The molecule has 0 aliphatic carbocycles. The van der Waals surface area contributed by atoms with Crippen LogP contribution in [-0.2, 0) is 6.54 Å². The van der Waals surface area contributed by atoms with Crippen molar-refractivity contribution in [3.63, 3.8) is 0 Å². The second-order valence-corrected chi connectivity index (χ2v) is 4.91. The number of carboxylic acid groups (broad SMARTS) is 1. The van der Waals surface area contributed by atoms with Gasteiger partial charge in [-0.1, -0.05) is 11.6 Å². The summed E-state index contributed by atoms with van der Waals surface area (Å²) in [4.78, 5) is 26.6. The van der Waals surface area contributed by atoms with Crippen molar-refractivity contribution in [3.05, 3.63) is 45.4 Å². The number of hydrogen-bond acceptors (Lipinski definition) is 4. The molecule has 0 spiro atoms. The van der Waals surface area contributed by atoms with Gasteiger partial charge in [-0.15, -0.1) is 11.3 Å². The summed E-state index contributed by atoms with van der Waals surface area (Å²) in [6, 6.07) is 3.79. The van der Waals surface area contributed by atoms with Crippen LogP contribution >= 0.6 is 22.9 Å². The van der Waals surface area contributed by atoms with Gasteiger partial charge in [0.05, 0.1) is 28.3 Å². The van der Waals surface area contributed by atoms with E-state index < -0.39 is 12.0 Å². The number of hydrogen-bond donors (Lipinski definition) is 3. The number of aromatic nitrogens is 1. The molecule has 0 aliphatic rings. The minimum absolute atomic E-state index is 0.0658. The maximum atomic E-state index is 11.6. The van der Waals surface area contributed by atoms with E-state index in [-0.39, 0.29) is 10.6 Å². The van der Waals surface area contributed by atoms with Gasteiger partial charge < -0.3 is 15.7 Å². The Morgan fingerprint density at radius 3 is 2.85 bits per heavy atom. The van der Waals surface area contributed by atoms with Crippen molar-refractivity contribution in [2.75, 3.05) is 5.32 Å². The number of nitrogens with one attached hydrogen (secondary N) is 2. The van der Waals surface area contributed by atoms with Crippen molar-refractivity contribution in [1.82, 2.24) is 10.3 Å². The molecule has 0 saturated heterocycles. The fraction of sp³-hybridized carbons (Fsp3) is 0.0833. The zero-order chi connectivity index (χ0) is 14.5. The average molecular weight is 312 g/mol. The molecular formula is C12H10ClN3O3S. The highest BCUT2D eigenvalue weighted by molar-refractivity contribution is 7.07. The summed E-state index contributed by atoms with van der Waals surface area (Å²) in [6.07, 6.45) is 0. The van der Waals surface area contributed by atoms with E-state index >= 15 is 0 Å². The molecule has 0 unspecified atom stereocenters. The minimum Gasteiger partial charge on any atom is -0.478 e. The van der Waals surface area contributed by atoms with E-state index in [1.807, 2.05) is 5.38 Å². The summed E-state index contributed by atoms with van der Waals surface area (Å²) in [5.74, 6) is -1.15. The predicted octanol–water partition coefficient (Wildman–Crippen LogP) is 2.82. The molecule has 0 fully saturated rings. The van der Waals surface area contributed by atoms with Crippen molar-refractivity contribution < 1.29 is 14.7 Å². The lowest BCUT2D eigenvalue weighted by Gasteiger charge is -2.08. The molecule has 8 heteroatoms. The van der Waals surface area contributed by atoms with Gasteiger partial charge in [0.25, 0.3) is 0 Å². The Labute approximate surface area is 123 Å². The largest absolute Gasteiger partial charge is 0.478 e. The van der Waals surface area contributed by atoms with Crippen molar-refractivity contribution >= 4 is 40.6 Å². The number of amides is 2. The van der Waals surface area contributed by atoms with E-state index in [9.17, 15) is 9.59 Å². The molecule has 1 aromatic carbocycles. The van der Waals surface area contributed by atoms with Gasteiger partial charge >= 0.3 is 12.0 Å². The Balaban J connectivity index is 1.97. The fourth-order valence-electron chi connectivity index (χ4n) is 1.44. The SMILES string of the molecule is O=C(NCc1cscn1)Nc1ccc(Cl)c(C(=O)O)c1. The van der Waals surface area contributed by atoms with E-state index in [1.165, 1.54) is 29.5 Å². The van der Waals surface area contributed by atoms with Crippen LogP contribution in [0.1, 0.15) is 16.1 Å². The third kappa shape index (κ3) is 3.69. The molecule has 2 rings (SSSR count). The minimum atomic E-state index is -1.15. The Kier molecular flexibility index (Phi) is 4.54. The molecule has 3 N–H and O–H groups in total. The molecule has 104 valence electrons. The van der Waals surface area contributed by atoms with E-state index in [0.717, 1.165) is 5.69 Å². The van der Waals surface area contributed by atoms with Crippen LogP contribution in [0, 0.1) is 0 Å². The van der Waals surface area contributed by atoms with Crippen molar-refractivity contribution in [2.24, 2.45) is 0 Å². The summed E-state index contributed by atoms with van der Waals surface area (Å²) in [7, 11) is 0. The van der Waals surface area contributed by atoms with Crippen LogP contribution in [-0.4, -0.2) is 22.1 Å². The number of urea groups is 1. The summed E-state index contributed by atoms with van der Waals surface area (Å²) in [5, 5.41) is 16.0. The average Bonchev–Trinajstić information content (AvgIpc) is 2.91. The van der Waals surface area contributed by atoms with Crippen LogP contribution in [0.4, 0.5) is 10.5 Å². The van der Waals surface area contributed by atoms with E-state index in [0.29, 0.717) is 12.2 Å². The third-order valence-electron chi connectivity index (χ3n) is 2.37. The molecule has 0 atom stereocenters. The monoisotopic (exact) mass is 311 g/mol. The molecule has 0 aliphatic heterocycles. The molecule has 2 amide bonds. The van der Waals surface area contributed by atoms with Crippen molar-refractivity contribution in [2.45, 2.75) is 6.54 Å². The maximum Gasteiger partial charge on any atom is 0.337 e. The Morgan fingerprint density at radius 1 is 1.40 bits per heavy atom. The standard InChI is InChI=1S/C12H10ClN3O3S/c13-10-2-1-7(3-9(10)11(17)18)16-12(19)14-4-8-5-20-6-15-8/h1-3,5-6H,4H2,(H,17,18)(H2,14,16,19). The van der Waals surface area contributed by atoms with E-state index in [1.54, 1.807) is 5.51 Å². The highest BCUT2D eigenvalue weighted by Gasteiger charge is 2.10. The van der Waals surface area contributed by atoms with E-state index in [2.05, 4.69) is 15.6 Å². The number of rotatable bonds is 4. The second kappa shape index (κ2) is 6.36. The van der Waals surface area contributed by atoms with Crippen LogP contribution in [0.2, 0.25) is 5.02 Å². The molecule has 0 bridgehead atoms. The number of halogens is 1. The summed E-state index contributed by atoms with van der Waals surface area (Å²) >= 11 is 7.18. The van der Waals surface area contributed by atoms with Gasteiger partial charge in [0.2, 0.25) is 0 Å². The van der Waals surface area contributed by atoms with Gasteiger partial charge in [0.1, 0.15) is 0 Å². The Morgan fingerprint density at radius 2 is 2.20 bits per heavy atom. The summed E-state index contributed by atoms with van der Waals surface area (Å²) in [6.45, 7) is 0.300. The van der Waals surface area contributed by atoms with Gasteiger partial charge in [0, 0.05) is 11.1 Å². The molecule has 1 aromatic heterocycles. The lowest BCUT2D eigenvalue weighted by molar-refractivity contribution is 0.0697. The first-order valence-electron chi connectivity index (χ1n) is 5.51. The van der Waals surface area contributed by atoms with Gasteiger partial charge in [-0.3, -0.25) is 0 Å². The first kappa shape index (κ1) is 14.3. The van der Waals surface area contributed by atoms with Crippen LogP contribution in [0.15, 0.2) is 29.1 Å². The van der Waals surface area contributed by atoms with Crippen molar-refractivity contribution in [1.29, 1.82) is 0 Å². The topological polar surface area (TPSA) is 91.3 Å². The summed E-state index contributed by atoms with van der Waals surface area (Å²) in [5.41, 5.74) is 2.71. The van der Waals surface area contributed by atoms with Gasteiger partial charge in [-0.05, 0) is 18.2 Å². The first-order valence-corrected chi connectivity index (χ1v) is 6.83. The number of carboxylic acids is 1.